The van der Waals surface area contributed by atoms with E-state index < -0.39 is 16.7 Å². The molecule has 0 aromatic carbocycles. The fourth-order valence-electron chi connectivity index (χ4n) is 1.63. The number of anilines is 1. The van der Waals surface area contributed by atoms with E-state index in [4.69, 9.17) is 4.42 Å². The summed E-state index contributed by atoms with van der Waals surface area (Å²) in [6.45, 7) is 0. The molecule has 22 heavy (non-hydrogen) atoms. The van der Waals surface area contributed by atoms with Gasteiger partial charge < -0.3 is 4.42 Å². The molecule has 0 unspecified atom stereocenters. The van der Waals surface area contributed by atoms with Crippen LogP contribution < -0.4 is 10.2 Å². The Morgan fingerprint density at radius 1 is 1.27 bits per heavy atom. The van der Waals surface area contributed by atoms with E-state index in [0.717, 1.165) is 0 Å². The van der Waals surface area contributed by atoms with Crippen molar-refractivity contribution in [3.63, 3.8) is 0 Å². The van der Waals surface area contributed by atoms with E-state index in [1.807, 2.05) is 0 Å². The van der Waals surface area contributed by atoms with Crippen molar-refractivity contribution in [3.8, 4) is 0 Å². The molecular weight excluding hydrogens is 308 g/mol. The largest absolute Gasteiger partial charge is 0.459 e. The molecule has 0 aliphatic rings. The van der Waals surface area contributed by atoms with Crippen molar-refractivity contribution in [1.29, 1.82) is 0 Å². The summed E-state index contributed by atoms with van der Waals surface area (Å²) in [5.74, 6) is -1.10. The van der Waals surface area contributed by atoms with Gasteiger partial charge in [0.15, 0.2) is 5.76 Å². The van der Waals surface area contributed by atoms with E-state index in [0.29, 0.717) is 16.0 Å². The molecule has 0 fully saturated rings. The predicted molar refractivity (Wildman–Crippen MR) is 77.0 cm³/mol. The first-order chi connectivity index (χ1) is 10.6. The van der Waals surface area contributed by atoms with Gasteiger partial charge in [-0.3, -0.25) is 24.7 Å². The maximum atomic E-state index is 12.1. The highest BCUT2D eigenvalue weighted by Crippen LogP contribution is 2.10. The second-order valence-electron chi connectivity index (χ2n) is 4.06. The number of aromatic nitrogens is 3. The monoisotopic (exact) mass is 316 g/mol. The van der Waals surface area contributed by atoms with E-state index in [1.54, 1.807) is 12.1 Å². The number of pyridine rings is 1. The van der Waals surface area contributed by atoms with Crippen LogP contribution in [0.2, 0.25) is 0 Å². The van der Waals surface area contributed by atoms with Gasteiger partial charge in [-0.2, -0.15) is 0 Å². The molecule has 110 valence electrons. The molecule has 9 heteroatoms. The van der Waals surface area contributed by atoms with Crippen LogP contribution in [0.15, 0.2) is 52.1 Å². The van der Waals surface area contributed by atoms with E-state index in [1.165, 1.54) is 30.8 Å². The summed E-state index contributed by atoms with van der Waals surface area (Å²) in [4.78, 5) is 38.9. The number of carbonyl (C=O) groups excluding carboxylic acids is 2. The van der Waals surface area contributed by atoms with Crippen molar-refractivity contribution in [2.24, 2.45) is 0 Å². The van der Waals surface area contributed by atoms with Crippen LogP contribution in [0.5, 0.6) is 0 Å². The van der Waals surface area contributed by atoms with E-state index in [-0.39, 0.29) is 16.5 Å². The molecule has 3 rings (SSSR count). The van der Waals surface area contributed by atoms with Crippen LogP contribution in [0.25, 0.3) is 0 Å². The van der Waals surface area contributed by atoms with Crippen molar-refractivity contribution in [2.45, 2.75) is 0 Å². The molecule has 0 saturated heterocycles. The van der Waals surface area contributed by atoms with Crippen molar-refractivity contribution in [2.75, 3.05) is 5.32 Å². The van der Waals surface area contributed by atoms with Crippen LogP contribution in [-0.2, 0) is 0 Å². The van der Waals surface area contributed by atoms with Crippen LogP contribution in [0, 0.1) is 0 Å². The van der Waals surface area contributed by atoms with Gasteiger partial charge in [-0.25, -0.2) is 0 Å². The summed E-state index contributed by atoms with van der Waals surface area (Å²) >= 11 is 0.644. The number of amides is 1. The van der Waals surface area contributed by atoms with Gasteiger partial charge in [0.25, 0.3) is 11.8 Å². The molecule has 0 atom stereocenters. The summed E-state index contributed by atoms with van der Waals surface area (Å²) < 4.78 is 5.61. The van der Waals surface area contributed by atoms with Crippen LogP contribution >= 0.6 is 11.3 Å². The first-order valence-electron chi connectivity index (χ1n) is 6.05. The summed E-state index contributed by atoms with van der Waals surface area (Å²) in [6, 6.07) is 6.12. The predicted octanol–water partition coefficient (Wildman–Crippen LogP) is 1.23. The highest BCUT2D eigenvalue weighted by molar-refractivity contribution is 7.13. The lowest BCUT2D eigenvalue weighted by Crippen LogP contribution is -2.24. The lowest BCUT2D eigenvalue weighted by atomic mass is 10.3. The van der Waals surface area contributed by atoms with E-state index >= 15 is 0 Å². The Balaban J connectivity index is 1.84. The lowest BCUT2D eigenvalue weighted by Gasteiger charge is -1.98. The van der Waals surface area contributed by atoms with Crippen molar-refractivity contribution >= 4 is 28.3 Å². The third kappa shape index (κ3) is 2.69. The third-order valence-electron chi connectivity index (χ3n) is 2.61. The van der Waals surface area contributed by atoms with Gasteiger partial charge in [-0.1, -0.05) is 0 Å². The second-order valence-corrected chi connectivity index (χ2v) is 5.00. The normalized spacial score (nSPS) is 10.4. The average molecular weight is 316 g/mol. The van der Waals surface area contributed by atoms with E-state index in [9.17, 15) is 14.4 Å². The lowest BCUT2D eigenvalue weighted by molar-refractivity contribution is 0.0938. The zero-order valence-electron chi connectivity index (χ0n) is 10.9. The maximum Gasteiger partial charge on any atom is 0.334 e. The van der Waals surface area contributed by atoms with Gasteiger partial charge in [-0.05, 0) is 35.6 Å². The van der Waals surface area contributed by atoms with Crippen molar-refractivity contribution < 1.29 is 14.0 Å². The summed E-state index contributed by atoms with van der Waals surface area (Å²) in [5, 5.41) is 6.21. The summed E-state index contributed by atoms with van der Waals surface area (Å²) in [7, 11) is 0. The molecular formula is C13H8N4O4S. The highest BCUT2D eigenvalue weighted by atomic mass is 32.1. The smallest absolute Gasteiger partial charge is 0.334 e. The van der Waals surface area contributed by atoms with Gasteiger partial charge in [0.05, 0.1) is 11.8 Å². The van der Waals surface area contributed by atoms with Gasteiger partial charge >= 0.3 is 4.87 Å². The summed E-state index contributed by atoms with van der Waals surface area (Å²) in [6.07, 6.45) is 4.19. The molecule has 0 aliphatic carbocycles. The Hall–Kier alpha value is -3.07. The Morgan fingerprint density at radius 3 is 2.82 bits per heavy atom. The minimum absolute atomic E-state index is 0.00337. The molecule has 1 N–H and O–H groups in total. The molecule has 0 radical (unpaired) electrons. The summed E-state index contributed by atoms with van der Waals surface area (Å²) in [5.41, 5.74) is 0.221. The molecule has 8 nitrogen and oxygen atoms in total. The fourth-order valence-corrected chi connectivity index (χ4v) is 2.28. The van der Waals surface area contributed by atoms with Crippen LogP contribution in [-0.4, -0.2) is 26.6 Å². The average Bonchev–Trinajstić information content (AvgIpc) is 3.17. The standard InChI is InChI=1S/C13H8N4O4S/c18-10(9-4-2-6-21-9)15-12-16-17(13(20)22-12)11(19)8-3-1-5-14-7-8/h1-7H,(H,15,16,18). The van der Waals surface area contributed by atoms with Gasteiger partial charge in [-0.15, -0.1) is 9.78 Å². The number of carbonyl (C=O) groups is 2. The first-order valence-corrected chi connectivity index (χ1v) is 6.86. The second kappa shape index (κ2) is 5.74. The minimum Gasteiger partial charge on any atom is -0.459 e. The number of hydrogen-bond acceptors (Lipinski definition) is 7. The minimum atomic E-state index is -0.618. The van der Waals surface area contributed by atoms with Gasteiger partial charge in [0, 0.05) is 12.4 Å². The fraction of sp³-hybridized carbons (Fsp3) is 0. The van der Waals surface area contributed by atoms with Crippen LogP contribution in [0.3, 0.4) is 0 Å². The maximum absolute atomic E-state index is 12.1. The number of hydrogen-bond donors (Lipinski definition) is 1. The number of nitrogens with one attached hydrogen (secondary N) is 1. The van der Waals surface area contributed by atoms with Crippen LogP contribution in [0.1, 0.15) is 20.9 Å². The van der Waals surface area contributed by atoms with Gasteiger partial charge in [0.1, 0.15) is 0 Å². The molecule has 1 amide bonds. The Labute approximate surface area is 127 Å². The van der Waals surface area contributed by atoms with Crippen LogP contribution in [0.4, 0.5) is 5.13 Å². The molecule has 3 aromatic rings. The zero-order valence-corrected chi connectivity index (χ0v) is 11.7. The molecule has 0 bridgehead atoms. The number of rotatable bonds is 3. The quantitative estimate of drug-likeness (QED) is 0.779. The SMILES string of the molecule is O=C(Nc1nn(C(=O)c2cccnc2)c(=O)s1)c1ccco1. The molecule has 3 aromatic heterocycles. The topological polar surface area (TPSA) is 107 Å². The first kappa shape index (κ1) is 13.9. The van der Waals surface area contributed by atoms with Crippen molar-refractivity contribution in [1.82, 2.24) is 14.8 Å². The molecule has 0 saturated carbocycles. The zero-order chi connectivity index (χ0) is 15.5. The van der Waals surface area contributed by atoms with Gasteiger partial charge in [0.2, 0.25) is 5.13 Å². The Bertz CT molecular complexity index is 867. The molecule has 3 heterocycles. The number of nitrogens with zero attached hydrogens (tertiary/aromatic N) is 3. The third-order valence-corrected chi connectivity index (χ3v) is 3.34. The van der Waals surface area contributed by atoms with E-state index in [2.05, 4.69) is 15.4 Å². The molecule has 0 spiro atoms. The Morgan fingerprint density at radius 2 is 2.14 bits per heavy atom. The Kier molecular flexibility index (Phi) is 3.62. The highest BCUT2D eigenvalue weighted by Gasteiger charge is 2.18. The molecule has 0 aliphatic heterocycles. The van der Waals surface area contributed by atoms with Crippen molar-refractivity contribution in [3.05, 3.63) is 63.9 Å². The number of furan rings is 1.